The Morgan fingerprint density at radius 3 is 2.53 bits per heavy atom. The Morgan fingerprint density at radius 1 is 1.29 bits per heavy atom. The van der Waals surface area contributed by atoms with E-state index in [1.807, 2.05) is 33.8 Å². The maximum absolute atomic E-state index is 13.7. The summed E-state index contributed by atoms with van der Waals surface area (Å²) >= 11 is 0. The standard InChI is InChI=1S/C14H22FNO/c1-5-16-11(4)12-6-7-14(13(15)8-12)17-9-10(2)3/h6-8,10-11,16H,5,9H2,1-4H3. The number of rotatable bonds is 6. The molecule has 17 heavy (non-hydrogen) atoms. The Kier molecular flexibility index (Phi) is 5.42. The molecule has 1 aromatic rings. The lowest BCUT2D eigenvalue weighted by Crippen LogP contribution is -2.17. The van der Waals surface area contributed by atoms with Crippen molar-refractivity contribution in [2.75, 3.05) is 13.2 Å². The van der Waals surface area contributed by atoms with Crippen LogP contribution in [0.2, 0.25) is 0 Å². The van der Waals surface area contributed by atoms with E-state index in [0.29, 0.717) is 18.3 Å². The second-order valence-corrected chi connectivity index (χ2v) is 4.67. The van der Waals surface area contributed by atoms with Crippen molar-refractivity contribution < 1.29 is 9.13 Å². The van der Waals surface area contributed by atoms with E-state index < -0.39 is 0 Å². The van der Waals surface area contributed by atoms with E-state index in [0.717, 1.165) is 12.1 Å². The molecule has 0 amide bonds. The van der Waals surface area contributed by atoms with Crippen LogP contribution in [0.25, 0.3) is 0 Å². The van der Waals surface area contributed by atoms with Crippen LogP contribution in [0.5, 0.6) is 5.75 Å². The first-order valence-corrected chi connectivity index (χ1v) is 6.20. The minimum atomic E-state index is -0.284. The third-order valence-electron chi connectivity index (χ3n) is 2.54. The molecule has 0 fully saturated rings. The molecular formula is C14H22FNO. The molecule has 0 aliphatic carbocycles. The van der Waals surface area contributed by atoms with Crippen LogP contribution in [0.1, 0.15) is 39.3 Å². The SMILES string of the molecule is CCNC(C)c1ccc(OCC(C)C)c(F)c1. The summed E-state index contributed by atoms with van der Waals surface area (Å²) in [6.07, 6.45) is 0. The summed E-state index contributed by atoms with van der Waals surface area (Å²) in [5, 5.41) is 3.25. The molecular weight excluding hydrogens is 217 g/mol. The molecule has 2 nitrogen and oxygen atoms in total. The molecule has 1 aromatic carbocycles. The summed E-state index contributed by atoms with van der Waals surface area (Å²) in [5.74, 6) is 0.453. The summed E-state index contributed by atoms with van der Waals surface area (Å²) in [4.78, 5) is 0. The van der Waals surface area contributed by atoms with Gasteiger partial charge in [-0.05, 0) is 37.1 Å². The molecule has 1 N–H and O–H groups in total. The number of hydrogen-bond acceptors (Lipinski definition) is 2. The fraction of sp³-hybridized carbons (Fsp3) is 0.571. The van der Waals surface area contributed by atoms with Gasteiger partial charge in [0.25, 0.3) is 0 Å². The van der Waals surface area contributed by atoms with Crippen LogP contribution in [-0.4, -0.2) is 13.2 Å². The van der Waals surface area contributed by atoms with Crippen molar-refractivity contribution in [3.8, 4) is 5.75 Å². The van der Waals surface area contributed by atoms with Gasteiger partial charge in [0, 0.05) is 6.04 Å². The van der Waals surface area contributed by atoms with Crippen molar-refractivity contribution in [3.05, 3.63) is 29.6 Å². The van der Waals surface area contributed by atoms with Crippen LogP contribution in [0.4, 0.5) is 4.39 Å². The molecule has 0 saturated carbocycles. The lowest BCUT2D eigenvalue weighted by molar-refractivity contribution is 0.259. The van der Waals surface area contributed by atoms with Crippen LogP contribution >= 0.6 is 0 Å². The van der Waals surface area contributed by atoms with Crippen LogP contribution < -0.4 is 10.1 Å². The van der Waals surface area contributed by atoms with Crippen molar-refractivity contribution in [2.24, 2.45) is 5.92 Å². The Morgan fingerprint density at radius 2 is 2.00 bits per heavy atom. The molecule has 0 spiro atoms. The van der Waals surface area contributed by atoms with E-state index in [4.69, 9.17) is 4.74 Å². The van der Waals surface area contributed by atoms with E-state index in [1.165, 1.54) is 0 Å². The number of hydrogen-bond donors (Lipinski definition) is 1. The third kappa shape index (κ3) is 4.35. The molecule has 0 heterocycles. The zero-order chi connectivity index (χ0) is 12.8. The Labute approximate surface area is 103 Å². The largest absolute Gasteiger partial charge is 0.490 e. The van der Waals surface area contributed by atoms with E-state index in [1.54, 1.807) is 12.1 Å². The number of nitrogens with one attached hydrogen (secondary N) is 1. The molecule has 0 aromatic heterocycles. The number of ether oxygens (including phenoxy) is 1. The van der Waals surface area contributed by atoms with Crippen LogP contribution in [0, 0.1) is 11.7 Å². The lowest BCUT2D eigenvalue weighted by Gasteiger charge is -2.15. The number of benzene rings is 1. The lowest BCUT2D eigenvalue weighted by atomic mass is 10.1. The van der Waals surface area contributed by atoms with Crippen LogP contribution in [-0.2, 0) is 0 Å². The van der Waals surface area contributed by atoms with Crippen molar-refractivity contribution in [2.45, 2.75) is 33.7 Å². The Bertz CT molecular complexity index is 352. The van der Waals surface area contributed by atoms with E-state index in [2.05, 4.69) is 5.32 Å². The topological polar surface area (TPSA) is 21.3 Å². The predicted molar refractivity (Wildman–Crippen MR) is 68.8 cm³/mol. The van der Waals surface area contributed by atoms with Gasteiger partial charge in [-0.1, -0.05) is 26.8 Å². The summed E-state index contributed by atoms with van der Waals surface area (Å²) in [6.45, 7) is 9.55. The predicted octanol–water partition coefficient (Wildman–Crippen LogP) is 3.53. The molecule has 1 rings (SSSR count). The van der Waals surface area contributed by atoms with Gasteiger partial charge in [0.15, 0.2) is 11.6 Å². The first kappa shape index (κ1) is 14.0. The molecule has 1 unspecified atom stereocenters. The highest BCUT2D eigenvalue weighted by Gasteiger charge is 2.09. The average molecular weight is 239 g/mol. The van der Waals surface area contributed by atoms with Crippen LogP contribution in [0.15, 0.2) is 18.2 Å². The zero-order valence-electron chi connectivity index (χ0n) is 11.1. The van der Waals surface area contributed by atoms with E-state index >= 15 is 0 Å². The Hall–Kier alpha value is -1.09. The van der Waals surface area contributed by atoms with Gasteiger partial charge in [0.2, 0.25) is 0 Å². The van der Waals surface area contributed by atoms with Crippen molar-refractivity contribution >= 4 is 0 Å². The summed E-state index contributed by atoms with van der Waals surface area (Å²) in [6, 6.07) is 5.32. The number of halogens is 1. The third-order valence-corrected chi connectivity index (χ3v) is 2.54. The maximum atomic E-state index is 13.7. The first-order chi connectivity index (χ1) is 8.04. The van der Waals surface area contributed by atoms with Gasteiger partial charge < -0.3 is 10.1 Å². The van der Waals surface area contributed by atoms with Gasteiger partial charge in [0.1, 0.15) is 0 Å². The molecule has 0 radical (unpaired) electrons. The van der Waals surface area contributed by atoms with Gasteiger partial charge in [-0.15, -0.1) is 0 Å². The maximum Gasteiger partial charge on any atom is 0.165 e. The highest BCUT2D eigenvalue weighted by Crippen LogP contribution is 2.22. The molecule has 1 atom stereocenters. The van der Waals surface area contributed by atoms with Gasteiger partial charge in [-0.3, -0.25) is 0 Å². The molecule has 0 saturated heterocycles. The van der Waals surface area contributed by atoms with E-state index in [-0.39, 0.29) is 11.9 Å². The highest BCUT2D eigenvalue weighted by molar-refractivity contribution is 5.30. The van der Waals surface area contributed by atoms with Gasteiger partial charge in [-0.2, -0.15) is 0 Å². The van der Waals surface area contributed by atoms with Crippen LogP contribution in [0.3, 0.4) is 0 Å². The summed E-state index contributed by atoms with van der Waals surface area (Å²) in [5.41, 5.74) is 0.946. The fourth-order valence-electron chi connectivity index (χ4n) is 1.58. The summed E-state index contributed by atoms with van der Waals surface area (Å²) in [7, 11) is 0. The monoisotopic (exact) mass is 239 g/mol. The van der Waals surface area contributed by atoms with Crippen molar-refractivity contribution in [3.63, 3.8) is 0 Å². The molecule has 96 valence electrons. The quantitative estimate of drug-likeness (QED) is 0.820. The van der Waals surface area contributed by atoms with Gasteiger partial charge in [-0.25, -0.2) is 4.39 Å². The van der Waals surface area contributed by atoms with Crippen molar-refractivity contribution in [1.29, 1.82) is 0 Å². The van der Waals surface area contributed by atoms with Gasteiger partial charge >= 0.3 is 0 Å². The zero-order valence-corrected chi connectivity index (χ0v) is 11.1. The fourth-order valence-corrected chi connectivity index (χ4v) is 1.58. The minimum Gasteiger partial charge on any atom is -0.490 e. The van der Waals surface area contributed by atoms with Gasteiger partial charge in [0.05, 0.1) is 6.61 Å². The Balaban J connectivity index is 2.72. The van der Waals surface area contributed by atoms with E-state index in [9.17, 15) is 4.39 Å². The molecule has 0 bridgehead atoms. The van der Waals surface area contributed by atoms with Crippen molar-refractivity contribution in [1.82, 2.24) is 5.32 Å². The molecule has 0 aliphatic rings. The average Bonchev–Trinajstić information content (AvgIpc) is 2.27. The normalized spacial score (nSPS) is 12.8. The summed E-state index contributed by atoms with van der Waals surface area (Å²) < 4.78 is 19.1. The second kappa shape index (κ2) is 6.60. The molecule has 0 aliphatic heterocycles. The smallest absolute Gasteiger partial charge is 0.165 e. The highest BCUT2D eigenvalue weighted by atomic mass is 19.1. The second-order valence-electron chi connectivity index (χ2n) is 4.67. The first-order valence-electron chi connectivity index (χ1n) is 6.20. The molecule has 3 heteroatoms. The minimum absolute atomic E-state index is 0.161.